The molecule has 0 atom stereocenters. The zero-order chi connectivity index (χ0) is 20.6. The fraction of sp³-hybridized carbons (Fsp3) is 0.250. The molecule has 150 valence electrons. The Labute approximate surface area is 171 Å². The van der Waals surface area contributed by atoms with Gasteiger partial charge in [0.05, 0.1) is 6.61 Å². The van der Waals surface area contributed by atoms with Crippen LogP contribution in [-0.2, 0) is 18.0 Å². The van der Waals surface area contributed by atoms with Gasteiger partial charge in [0.15, 0.2) is 0 Å². The number of hydrogen-bond donors (Lipinski definition) is 1. The fourth-order valence-electron chi connectivity index (χ4n) is 3.11. The number of nitrogens with one attached hydrogen (secondary N) is 1. The summed E-state index contributed by atoms with van der Waals surface area (Å²) in [4.78, 5) is 16.8. The number of aryl methyl sites for hydroxylation is 2. The first kappa shape index (κ1) is 20.6. The molecule has 0 fully saturated rings. The lowest BCUT2D eigenvalue weighted by atomic mass is 10.0. The van der Waals surface area contributed by atoms with Crippen molar-refractivity contribution in [1.29, 1.82) is 0 Å². The number of aromatic nitrogens is 1. The molecule has 5 nitrogen and oxygen atoms in total. The van der Waals surface area contributed by atoms with E-state index in [1.165, 1.54) is 0 Å². The minimum absolute atomic E-state index is 0.149. The van der Waals surface area contributed by atoms with E-state index < -0.39 is 0 Å². The molecule has 0 saturated heterocycles. The summed E-state index contributed by atoms with van der Waals surface area (Å²) in [5.41, 5.74) is 5.22. The van der Waals surface area contributed by atoms with Gasteiger partial charge in [-0.25, -0.2) is 0 Å². The zero-order valence-corrected chi connectivity index (χ0v) is 17.1. The van der Waals surface area contributed by atoms with E-state index in [2.05, 4.69) is 10.3 Å². The van der Waals surface area contributed by atoms with Gasteiger partial charge in [0, 0.05) is 35.8 Å². The van der Waals surface area contributed by atoms with Crippen LogP contribution in [-0.4, -0.2) is 17.5 Å². The van der Waals surface area contributed by atoms with Crippen molar-refractivity contribution in [3.63, 3.8) is 0 Å². The summed E-state index contributed by atoms with van der Waals surface area (Å²) in [6.45, 7) is 7.48. The highest BCUT2D eigenvalue weighted by Crippen LogP contribution is 2.26. The van der Waals surface area contributed by atoms with Crippen LogP contribution in [0.1, 0.15) is 39.5 Å². The Morgan fingerprint density at radius 2 is 1.76 bits per heavy atom. The van der Waals surface area contributed by atoms with Crippen molar-refractivity contribution < 1.29 is 14.3 Å². The normalized spacial score (nSPS) is 10.6. The van der Waals surface area contributed by atoms with Crippen molar-refractivity contribution in [1.82, 2.24) is 4.98 Å². The van der Waals surface area contributed by atoms with Crippen LogP contribution in [0.4, 0.5) is 5.69 Å². The average molecular weight is 390 g/mol. The Morgan fingerprint density at radius 3 is 2.45 bits per heavy atom. The summed E-state index contributed by atoms with van der Waals surface area (Å²) < 4.78 is 11.4. The monoisotopic (exact) mass is 390 g/mol. The Hall–Kier alpha value is -3.18. The molecule has 3 rings (SSSR count). The number of nitrogens with zero attached hydrogens (tertiary/aromatic N) is 1. The molecule has 0 aliphatic carbocycles. The van der Waals surface area contributed by atoms with E-state index in [1.54, 1.807) is 12.4 Å². The molecule has 0 unspecified atom stereocenters. The van der Waals surface area contributed by atoms with Gasteiger partial charge in [-0.3, -0.25) is 9.78 Å². The third-order valence-electron chi connectivity index (χ3n) is 4.49. The van der Waals surface area contributed by atoms with Crippen molar-refractivity contribution in [2.75, 3.05) is 11.9 Å². The molecule has 1 N–H and O–H groups in total. The van der Waals surface area contributed by atoms with E-state index in [9.17, 15) is 4.79 Å². The molecule has 2 aromatic carbocycles. The van der Waals surface area contributed by atoms with Crippen LogP contribution < -0.4 is 10.1 Å². The Morgan fingerprint density at radius 1 is 1.00 bits per heavy atom. The quantitative estimate of drug-likeness (QED) is 0.584. The smallest absolute Gasteiger partial charge is 0.255 e. The standard InChI is InChI=1S/C24H26N2O3/c1-4-28-15-19-7-5-9-22(13-19)26-24(27)21-11-17(2)23(18(3)12-21)29-16-20-8-6-10-25-14-20/h5-14H,4,15-16H2,1-3H3,(H,26,27). The molecule has 3 aromatic rings. The largest absolute Gasteiger partial charge is 0.488 e. The number of ether oxygens (including phenoxy) is 2. The van der Waals surface area contributed by atoms with Gasteiger partial charge in [0.2, 0.25) is 0 Å². The van der Waals surface area contributed by atoms with Crippen molar-refractivity contribution in [3.05, 3.63) is 88.7 Å². The lowest BCUT2D eigenvalue weighted by Crippen LogP contribution is -2.13. The van der Waals surface area contributed by atoms with Crippen LogP contribution >= 0.6 is 0 Å². The van der Waals surface area contributed by atoms with E-state index in [4.69, 9.17) is 9.47 Å². The van der Waals surface area contributed by atoms with E-state index in [0.717, 1.165) is 33.7 Å². The number of hydrogen-bond acceptors (Lipinski definition) is 4. The molecular formula is C24H26N2O3. The average Bonchev–Trinajstić information content (AvgIpc) is 2.72. The summed E-state index contributed by atoms with van der Waals surface area (Å²) in [5.74, 6) is 0.646. The maximum absolute atomic E-state index is 12.7. The van der Waals surface area contributed by atoms with Crippen molar-refractivity contribution in [3.8, 4) is 5.75 Å². The highest BCUT2D eigenvalue weighted by atomic mass is 16.5. The second-order valence-corrected chi connectivity index (χ2v) is 6.88. The van der Waals surface area contributed by atoms with Crippen LogP contribution in [0.25, 0.3) is 0 Å². The number of carbonyl (C=O) groups excluding carboxylic acids is 1. The summed E-state index contributed by atoms with van der Waals surface area (Å²) in [5, 5.41) is 2.96. The minimum atomic E-state index is -0.149. The molecule has 5 heteroatoms. The summed E-state index contributed by atoms with van der Waals surface area (Å²) in [6.07, 6.45) is 3.52. The fourth-order valence-corrected chi connectivity index (χ4v) is 3.11. The second kappa shape index (κ2) is 9.85. The molecule has 0 aliphatic rings. The molecule has 0 saturated carbocycles. The number of rotatable bonds is 8. The maximum Gasteiger partial charge on any atom is 0.255 e. The van der Waals surface area contributed by atoms with Crippen LogP contribution in [0, 0.1) is 13.8 Å². The number of benzene rings is 2. The van der Waals surface area contributed by atoms with E-state index in [0.29, 0.717) is 25.4 Å². The predicted octanol–water partition coefficient (Wildman–Crippen LogP) is 5.07. The van der Waals surface area contributed by atoms with Crippen LogP contribution in [0.15, 0.2) is 60.9 Å². The molecule has 1 heterocycles. The molecule has 0 bridgehead atoms. The summed E-state index contributed by atoms with van der Waals surface area (Å²) >= 11 is 0. The van der Waals surface area contributed by atoms with Crippen LogP contribution in [0.5, 0.6) is 5.75 Å². The summed E-state index contributed by atoms with van der Waals surface area (Å²) in [6, 6.07) is 15.3. The van der Waals surface area contributed by atoms with Gasteiger partial charge in [0.1, 0.15) is 12.4 Å². The van der Waals surface area contributed by atoms with Gasteiger partial charge in [-0.15, -0.1) is 0 Å². The molecule has 0 spiro atoms. The van der Waals surface area contributed by atoms with Crippen LogP contribution in [0.3, 0.4) is 0 Å². The minimum Gasteiger partial charge on any atom is -0.488 e. The van der Waals surface area contributed by atoms with E-state index >= 15 is 0 Å². The number of pyridine rings is 1. The first-order valence-electron chi connectivity index (χ1n) is 9.67. The Bertz CT molecular complexity index is 948. The van der Waals surface area contributed by atoms with Crippen molar-refractivity contribution >= 4 is 11.6 Å². The maximum atomic E-state index is 12.7. The third-order valence-corrected chi connectivity index (χ3v) is 4.49. The van der Waals surface area contributed by atoms with Crippen molar-refractivity contribution in [2.45, 2.75) is 34.0 Å². The number of amides is 1. The van der Waals surface area contributed by atoms with Gasteiger partial charge in [-0.1, -0.05) is 18.2 Å². The Balaban J connectivity index is 1.70. The Kier molecular flexibility index (Phi) is 6.98. The lowest BCUT2D eigenvalue weighted by Gasteiger charge is -2.14. The number of anilines is 1. The van der Waals surface area contributed by atoms with Gasteiger partial charge in [-0.2, -0.15) is 0 Å². The SMILES string of the molecule is CCOCc1cccc(NC(=O)c2cc(C)c(OCc3cccnc3)c(C)c2)c1. The molecule has 0 aliphatic heterocycles. The molecule has 29 heavy (non-hydrogen) atoms. The lowest BCUT2D eigenvalue weighted by molar-refractivity contribution is 0.102. The zero-order valence-electron chi connectivity index (χ0n) is 17.1. The number of carbonyl (C=O) groups is 1. The van der Waals surface area contributed by atoms with E-state index in [1.807, 2.05) is 69.3 Å². The first-order valence-corrected chi connectivity index (χ1v) is 9.67. The third kappa shape index (κ3) is 5.65. The van der Waals surface area contributed by atoms with Gasteiger partial charge in [-0.05, 0) is 67.8 Å². The van der Waals surface area contributed by atoms with Crippen LogP contribution in [0.2, 0.25) is 0 Å². The van der Waals surface area contributed by atoms with E-state index in [-0.39, 0.29) is 5.91 Å². The van der Waals surface area contributed by atoms with Crippen molar-refractivity contribution in [2.24, 2.45) is 0 Å². The molecule has 1 aromatic heterocycles. The molecule has 0 radical (unpaired) electrons. The highest BCUT2D eigenvalue weighted by molar-refractivity contribution is 6.04. The highest BCUT2D eigenvalue weighted by Gasteiger charge is 2.13. The molecule has 1 amide bonds. The van der Waals surface area contributed by atoms with Gasteiger partial charge >= 0.3 is 0 Å². The summed E-state index contributed by atoms with van der Waals surface area (Å²) in [7, 11) is 0. The topological polar surface area (TPSA) is 60.5 Å². The molecular weight excluding hydrogens is 364 g/mol. The van der Waals surface area contributed by atoms with Gasteiger partial charge < -0.3 is 14.8 Å². The second-order valence-electron chi connectivity index (χ2n) is 6.88. The predicted molar refractivity (Wildman–Crippen MR) is 114 cm³/mol. The van der Waals surface area contributed by atoms with Gasteiger partial charge in [0.25, 0.3) is 5.91 Å². The first-order chi connectivity index (χ1) is 14.1.